The lowest BCUT2D eigenvalue weighted by Gasteiger charge is -2.17. The molecule has 1 aromatic rings. The minimum atomic E-state index is -0.0245. The van der Waals surface area contributed by atoms with Gasteiger partial charge in [0, 0.05) is 11.6 Å². The Labute approximate surface area is 103 Å². The number of anilines is 1. The summed E-state index contributed by atoms with van der Waals surface area (Å²) in [5.74, 6) is 0.572. The van der Waals surface area contributed by atoms with Gasteiger partial charge in [-0.3, -0.25) is 4.79 Å². The second-order valence-corrected chi connectivity index (χ2v) is 4.98. The number of carbonyl (C=O) groups excluding carboxylic acids is 1. The number of hydrogen-bond donors (Lipinski definition) is 2. The summed E-state index contributed by atoms with van der Waals surface area (Å²) in [5.41, 5.74) is 2.42. The van der Waals surface area contributed by atoms with Gasteiger partial charge in [0.2, 0.25) is 5.91 Å². The van der Waals surface area contributed by atoms with Crippen molar-refractivity contribution in [2.45, 2.75) is 34.6 Å². The molecule has 1 amide bonds. The lowest BCUT2D eigenvalue weighted by molar-refractivity contribution is -0.120. The maximum Gasteiger partial charge on any atom is 0.227 e. The largest absolute Gasteiger partial charge is 0.508 e. The highest BCUT2D eigenvalue weighted by Crippen LogP contribution is 2.25. The van der Waals surface area contributed by atoms with E-state index < -0.39 is 0 Å². The molecule has 0 aliphatic carbocycles. The monoisotopic (exact) mass is 235 g/mol. The zero-order chi connectivity index (χ0) is 13.2. The number of phenols is 1. The molecule has 94 valence electrons. The Morgan fingerprint density at radius 1 is 1.18 bits per heavy atom. The maximum absolute atomic E-state index is 11.9. The zero-order valence-electron chi connectivity index (χ0n) is 11.2. The Bertz CT molecular complexity index is 424. The summed E-state index contributed by atoms with van der Waals surface area (Å²) >= 11 is 0. The summed E-state index contributed by atoms with van der Waals surface area (Å²) in [6.45, 7) is 9.66. The van der Waals surface area contributed by atoms with Crippen LogP contribution in [0.15, 0.2) is 12.1 Å². The molecule has 0 saturated carbocycles. The molecule has 0 bridgehead atoms. The Morgan fingerprint density at radius 3 is 2.29 bits per heavy atom. The molecule has 0 aliphatic rings. The van der Waals surface area contributed by atoms with Crippen molar-refractivity contribution in [1.29, 1.82) is 0 Å². The number of benzene rings is 1. The van der Waals surface area contributed by atoms with Gasteiger partial charge in [0.1, 0.15) is 5.75 Å². The van der Waals surface area contributed by atoms with E-state index in [1.54, 1.807) is 12.1 Å². The second-order valence-electron chi connectivity index (χ2n) is 4.98. The van der Waals surface area contributed by atoms with Crippen molar-refractivity contribution >= 4 is 11.6 Å². The molecule has 0 saturated heterocycles. The first-order valence-corrected chi connectivity index (χ1v) is 5.94. The van der Waals surface area contributed by atoms with Crippen LogP contribution in [0.2, 0.25) is 0 Å². The fourth-order valence-electron chi connectivity index (χ4n) is 1.48. The minimum absolute atomic E-state index is 0.0215. The average Bonchev–Trinajstić information content (AvgIpc) is 2.24. The number of hydrogen-bond acceptors (Lipinski definition) is 2. The van der Waals surface area contributed by atoms with Gasteiger partial charge in [-0.25, -0.2) is 0 Å². The van der Waals surface area contributed by atoms with Crippen LogP contribution in [-0.4, -0.2) is 11.0 Å². The van der Waals surface area contributed by atoms with Gasteiger partial charge in [0.25, 0.3) is 0 Å². The molecule has 1 unspecified atom stereocenters. The van der Waals surface area contributed by atoms with Gasteiger partial charge < -0.3 is 10.4 Å². The number of nitrogens with one attached hydrogen (secondary N) is 1. The number of aryl methyl sites for hydroxylation is 2. The van der Waals surface area contributed by atoms with Gasteiger partial charge >= 0.3 is 0 Å². The summed E-state index contributed by atoms with van der Waals surface area (Å²) < 4.78 is 0. The minimum Gasteiger partial charge on any atom is -0.508 e. The van der Waals surface area contributed by atoms with E-state index >= 15 is 0 Å². The SMILES string of the molecule is Cc1cc(NC(=O)C(C)C(C)C)c(C)cc1O. The van der Waals surface area contributed by atoms with Gasteiger partial charge in [-0.05, 0) is 43.0 Å². The van der Waals surface area contributed by atoms with Crippen molar-refractivity contribution in [2.75, 3.05) is 5.32 Å². The van der Waals surface area contributed by atoms with Crippen LogP contribution in [0.1, 0.15) is 31.9 Å². The van der Waals surface area contributed by atoms with Crippen molar-refractivity contribution < 1.29 is 9.90 Å². The maximum atomic E-state index is 11.9. The van der Waals surface area contributed by atoms with Gasteiger partial charge in [-0.15, -0.1) is 0 Å². The van der Waals surface area contributed by atoms with Crippen LogP contribution in [0.4, 0.5) is 5.69 Å². The van der Waals surface area contributed by atoms with Crippen LogP contribution in [0.3, 0.4) is 0 Å². The summed E-state index contributed by atoms with van der Waals surface area (Å²) in [4.78, 5) is 11.9. The zero-order valence-corrected chi connectivity index (χ0v) is 11.2. The van der Waals surface area contributed by atoms with E-state index in [1.807, 2.05) is 34.6 Å². The van der Waals surface area contributed by atoms with Crippen LogP contribution in [-0.2, 0) is 4.79 Å². The molecule has 0 radical (unpaired) electrons. The third-order valence-electron chi connectivity index (χ3n) is 3.21. The van der Waals surface area contributed by atoms with Gasteiger partial charge in [-0.1, -0.05) is 20.8 Å². The van der Waals surface area contributed by atoms with Crippen LogP contribution >= 0.6 is 0 Å². The van der Waals surface area contributed by atoms with E-state index in [1.165, 1.54) is 0 Å². The molecule has 0 heterocycles. The number of aromatic hydroxyl groups is 1. The molecule has 3 nitrogen and oxygen atoms in total. The second kappa shape index (κ2) is 5.21. The topological polar surface area (TPSA) is 49.3 Å². The number of carbonyl (C=O) groups is 1. The van der Waals surface area contributed by atoms with Crippen molar-refractivity contribution in [3.63, 3.8) is 0 Å². The molecule has 3 heteroatoms. The van der Waals surface area contributed by atoms with E-state index in [9.17, 15) is 9.90 Å². The van der Waals surface area contributed by atoms with Gasteiger partial charge in [0.15, 0.2) is 0 Å². The molecule has 17 heavy (non-hydrogen) atoms. The third-order valence-corrected chi connectivity index (χ3v) is 3.21. The molecular weight excluding hydrogens is 214 g/mol. The normalized spacial score (nSPS) is 12.6. The molecule has 0 aliphatic heterocycles. The van der Waals surface area contributed by atoms with E-state index in [4.69, 9.17) is 0 Å². The van der Waals surface area contributed by atoms with Crippen LogP contribution in [0.25, 0.3) is 0 Å². The Balaban J connectivity index is 2.89. The fourth-order valence-corrected chi connectivity index (χ4v) is 1.48. The summed E-state index contributed by atoms with van der Waals surface area (Å²) in [7, 11) is 0. The van der Waals surface area contributed by atoms with E-state index in [2.05, 4.69) is 5.32 Å². The third kappa shape index (κ3) is 3.22. The Hall–Kier alpha value is -1.51. The fraction of sp³-hybridized carbons (Fsp3) is 0.500. The molecule has 1 aromatic carbocycles. The summed E-state index contributed by atoms with van der Waals surface area (Å²) in [5, 5.41) is 12.5. The van der Waals surface area contributed by atoms with Crippen molar-refractivity contribution in [1.82, 2.24) is 0 Å². The predicted octanol–water partition coefficient (Wildman–Crippen LogP) is 3.24. The highest BCUT2D eigenvalue weighted by atomic mass is 16.3. The molecule has 1 rings (SSSR count). The lowest BCUT2D eigenvalue weighted by Crippen LogP contribution is -2.24. The molecular formula is C14H21NO2. The first kappa shape index (κ1) is 13.6. The molecule has 0 spiro atoms. The first-order valence-electron chi connectivity index (χ1n) is 5.94. The molecule has 0 fully saturated rings. The van der Waals surface area contributed by atoms with Crippen LogP contribution in [0, 0.1) is 25.7 Å². The van der Waals surface area contributed by atoms with Gasteiger partial charge in [-0.2, -0.15) is 0 Å². The van der Waals surface area contributed by atoms with Crippen LogP contribution < -0.4 is 5.32 Å². The Kier molecular flexibility index (Phi) is 4.16. The quantitative estimate of drug-likeness (QED) is 0.790. The van der Waals surface area contributed by atoms with E-state index in [-0.39, 0.29) is 17.6 Å². The van der Waals surface area contributed by atoms with E-state index in [0.717, 1.165) is 16.8 Å². The first-order chi connectivity index (χ1) is 7.82. The van der Waals surface area contributed by atoms with Gasteiger partial charge in [0.05, 0.1) is 0 Å². The Morgan fingerprint density at radius 2 is 1.76 bits per heavy atom. The highest BCUT2D eigenvalue weighted by molar-refractivity contribution is 5.93. The number of amides is 1. The predicted molar refractivity (Wildman–Crippen MR) is 70.2 cm³/mol. The summed E-state index contributed by atoms with van der Waals surface area (Å²) in [6.07, 6.45) is 0. The number of phenolic OH excluding ortho intramolecular Hbond substituents is 1. The molecule has 1 atom stereocenters. The standard InChI is InChI=1S/C14H21NO2/c1-8(2)11(5)14(17)15-12-6-10(4)13(16)7-9(12)3/h6-8,11,16H,1-5H3,(H,15,17). The summed E-state index contributed by atoms with van der Waals surface area (Å²) in [6, 6.07) is 3.47. The molecule has 2 N–H and O–H groups in total. The lowest BCUT2D eigenvalue weighted by atomic mass is 9.97. The highest BCUT2D eigenvalue weighted by Gasteiger charge is 2.17. The number of rotatable bonds is 3. The smallest absolute Gasteiger partial charge is 0.227 e. The average molecular weight is 235 g/mol. The van der Waals surface area contributed by atoms with Crippen LogP contribution in [0.5, 0.6) is 5.75 Å². The molecule has 0 aromatic heterocycles. The van der Waals surface area contributed by atoms with Crippen molar-refractivity contribution in [3.8, 4) is 5.75 Å². The van der Waals surface area contributed by atoms with Crippen molar-refractivity contribution in [3.05, 3.63) is 23.3 Å². The van der Waals surface area contributed by atoms with Crippen molar-refractivity contribution in [2.24, 2.45) is 11.8 Å². The van der Waals surface area contributed by atoms with E-state index in [0.29, 0.717) is 5.92 Å².